The second kappa shape index (κ2) is 6.55. The molecule has 0 fully saturated rings. The molecule has 0 saturated heterocycles. The van der Waals surface area contributed by atoms with E-state index in [1.54, 1.807) is 0 Å². The number of carbonyl (C=O) groups is 4. The summed E-state index contributed by atoms with van der Waals surface area (Å²) < 4.78 is 4.50. The normalized spacial score (nSPS) is 10.7. The van der Waals surface area contributed by atoms with Gasteiger partial charge in [-0.3, -0.25) is 14.4 Å². The van der Waals surface area contributed by atoms with Crippen molar-refractivity contribution < 1.29 is 39.2 Å². The van der Waals surface area contributed by atoms with Crippen molar-refractivity contribution in [3.05, 3.63) is 0 Å². The maximum absolute atomic E-state index is 11.2. The molecule has 4 N–H and O–H groups in total. The van der Waals surface area contributed by atoms with Crippen LogP contribution in [-0.4, -0.2) is 58.4 Å². The molecule has 9 heteroatoms. The Morgan fingerprint density at radius 2 is 1.50 bits per heavy atom. The zero-order valence-electron chi connectivity index (χ0n) is 9.50. The number of carbonyl (C=O) groups excluding carboxylic acids is 1. The van der Waals surface area contributed by atoms with E-state index in [0.29, 0.717) is 0 Å². The van der Waals surface area contributed by atoms with E-state index in [2.05, 4.69) is 10.1 Å². The van der Waals surface area contributed by atoms with Gasteiger partial charge in [-0.25, -0.2) is 4.79 Å². The zero-order valence-corrected chi connectivity index (χ0v) is 9.50. The highest BCUT2D eigenvalue weighted by atomic mass is 16.6. The largest absolute Gasteiger partial charge is 0.481 e. The first-order valence-electron chi connectivity index (χ1n) is 4.77. The SMILES string of the molecule is CNCC(=O)OC(CC(=O)O)(CC(=O)O)C(=O)O. The number of rotatable bonds is 8. The van der Waals surface area contributed by atoms with Crippen LogP contribution in [0.2, 0.25) is 0 Å². The van der Waals surface area contributed by atoms with Crippen molar-refractivity contribution in [2.75, 3.05) is 13.6 Å². The summed E-state index contributed by atoms with van der Waals surface area (Å²) in [5.41, 5.74) is -2.61. The molecule has 0 aromatic rings. The van der Waals surface area contributed by atoms with Crippen LogP contribution in [0.25, 0.3) is 0 Å². The molecule has 102 valence electrons. The number of carboxylic acids is 3. The van der Waals surface area contributed by atoms with Crippen molar-refractivity contribution in [2.24, 2.45) is 0 Å². The Bertz CT molecular complexity index is 348. The number of carboxylic acid groups (broad SMARTS) is 3. The molecule has 0 saturated carbocycles. The van der Waals surface area contributed by atoms with E-state index in [1.807, 2.05) is 0 Å². The third kappa shape index (κ3) is 4.78. The lowest BCUT2D eigenvalue weighted by Crippen LogP contribution is -2.48. The predicted octanol–water partition coefficient (Wildman–Crippen LogP) is -1.48. The summed E-state index contributed by atoms with van der Waals surface area (Å²) in [5.74, 6) is -6.05. The Hall–Kier alpha value is -2.16. The van der Waals surface area contributed by atoms with E-state index in [-0.39, 0.29) is 6.54 Å². The minimum Gasteiger partial charge on any atom is -0.481 e. The number of hydrogen-bond donors (Lipinski definition) is 4. The molecule has 0 atom stereocenters. The zero-order chi connectivity index (χ0) is 14.3. The summed E-state index contributed by atoms with van der Waals surface area (Å²) in [4.78, 5) is 43.4. The molecule has 0 aliphatic carbocycles. The molecule has 0 bridgehead atoms. The minimum atomic E-state index is -2.61. The van der Waals surface area contributed by atoms with E-state index in [9.17, 15) is 19.2 Å². The van der Waals surface area contributed by atoms with Crippen LogP contribution in [0.4, 0.5) is 0 Å². The monoisotopic (exact) mass is 263 g/mol. The molecule has 0 aromatic carbocycles. The van der Waals surface area contributed by atoms with E-state index >= 15 is 0 Å². The third-order valence-corrected chi connectivity index (χ3v) is 1.89. The molecule has 0 aliphatic heterocycles. The molecular weight excluding hydrogens is 250 g/mol. The number of esters is 1. The molecular formula is C9H13NO8. The maximum Gasteiger partial charge on any atom is 0.349 e. The quantitative estimate of drug-likeness (QED) is 0.384. The summed E-state index contributed by atoms with van der Waals surface area (Å²) in [6.07, 6.45) is -2.27. The standard InChI is InChI=1S/C9H13NO8/c1-10-4-7(15)18-9(8(16)17,2-5(11)12)3-6(13)14/h10H,2-4H2,1H3,(H,11,12)(H,13,14)(H,16,17). The van der Waals surface area contributed by atoms with Crippen molar-refractivity contribution in [2.45, 2.75) is 18.4 Å². The van der Waals surface area contributed by atoms with Gasteiger partial charge in [0.25, 0.3) is 0 Å². The highest BCUT2D eigenvalue weighted by Gasteiger charge is 2.47. The first kappa shape index (κ1) is 15.8. The summed E-state index contributed by atoms with van der Waals surface area (Å²) in [6.45, 7) is -0.367. The van der Waals surface area contributed by atoms with Gasteiger partial charge in [-0.15, -0.1) is 0 Å². The first-order chi connectivity index (χ1) is 8.23. The molecule has 0 aromatic heterocycles. The molecule has 18 heavy (non-hydrogen) atoms. The van der Waals surface area contributed by atoms with Crippen LogP contribution in [0.15, 0.2) is 0 Å². The highest BCUT2D eigenvalue weighted by molar-refractivity contribution is 5.90. The van der Waals surface area contributed by atoms with Gasteiger partial charge < -0.3 is 25.4 Å². The lowest BCUT2D eigenvalue weighted by atomic mass is 9.95. The molecule has 0 amide bonds. The van der Waals surface area contributed by atoms with Crippen LogP contribution < -0.4 is 5.32 Å². The van der Waals surface area contributed by atoms with Gasteiger partial charge in [0, 0.05) is 0 Å². The fourth-order valence-electron chi connectivity index (χ4n) is 1.22. The van der Waals surface area contributed by atoms with Crippen molar-refractivity contribution >= 4 is 23.9 Å². The predicted molar refractivity (Wildman–Crippen MR) is 54.9 cm³/mol. The molecule has 0 rings (SSSR count). The Labute approximate surface area is 101 Å². The van der Waals surface area contributed by atoms with E-state index in [0.717, 1.165) is 0 Å². The smallest absolute Gasteiger partial charge is 0.349 e. The van der Waals surface area contributed by atoms with Gasteiger partial charge in [-0.1, -0.05) is 0 Å². The lowest BCUT2D eigenvalue weighted by molar-refractivity contribution is -0.185. The summed E-state index contributed by atoms with van der Waals surface area (Å²) >= 11 is 0. The first-order valence-corrected chi connectivity index (χ1v) is 4.77. The van der Waals surface area contributed by atoms with E-state index in [1.165, 1.54) is 7.05 Å². The number of aliphatic carboxylic acids is 3. The molecule has 0 aliphatic rings. The van der Waals surface area contributed by atoms with Crippen LogP contribution >= 0.6 is 0 Å². The fourth-order valence-corrected chi connectivity index (χ4v) is 1.22. The van der Waals surface area contributed by atoms with Gasteiger partial charge in [0.2, 0.25) is 5.60 Å². The Morgan fingerprint density at radius 3 is 1.78 bits per heavy atom. The number of hydrogen-bond acceptors (Lipinski definition) is 6. The van der Waals surface area contributed by atoms with Crippen LogP contribution in [0, 0.1) is 0 Å². The van der Waals surface area contributed by atoms with Crippen LogP contribution in [-0.2, 0) is 23.9 Å². The average Bonchev–Trinajstić information content (AvgIpc) is 2.14. The molecule has 0 radical (unpaired) electrons. The molecule has 9 nitrogen and oxygen atoms in total. The Morgan fingerprint density at radius 1 is 1.06 bits per heavy atom. The minimum absolute atomic E-state index is 0.367. The van der Waals surface area contributed by atoms with Crippen molar-refractivity contribution in [1.29, 1.82) is 0 Å². The maximum atomic E-state index is 11.2. The number of ether oxygens (including phenoxy) is 1. The van der Waals surface area contributed by atoms with Crippen molar-refractivity contribution in [3.63, 3.8) is 0 Å². The topological polar surface area (TPSA) is 150 Å². The summed E-state index contributed by atoms with van der Waals surface area (Å²) in [5, 5.41) is 28.5. The highest BCUT2D eigenvalue weighted by Crippen LogP contribution is 2.22. The molecule has 0 spiro atoms. The van der Waals surface area contributed by atoms with Crippen molar-refractivity contribution in [3.8, 4) is 0 Å². The van der Waals surface area contributed by atoms with E-state index < -0.39 is 42.3 Å². The second-order valence-electron chi connectivity index (χ2n) is 3.44. The van der Waals surface area contributed by atoms with Gasteiger partial charge >= 0.3 is 23.9 Å². The van der Waals surface area contributed by atoms with Gasteiger partial charge in [0.15, 0.2) is 0 Å². The summed E-state index contributed by atoms with van der Waals surface area (Å²) in [6, 6.07) is 0. The molecule has 0 unspecified atom stereocenters. The van der Waals surface area contributed by atoms with Gasteiger partial charge in [0.05, 0.1) is 19.4 Å². The second-order valence-corrected chi connectivity index (χ2v) is 3.44. The van der Waals surface area contributed by atoms with Crippen molar-refractivity contribution in [1.82, 2.24) is 5.32 Å². The number of likely N-dealkylation sites (N-methyl/N-ethyl adjacent to an activating group) is 1. The average molecular weight is 263 g/mol. The molecule has 0 heterocycles. The summed E-state index contributed by atoms with van der Waals surface area (Å²) in [7, 11) is 1.39. The van der Waals surface area contributed by atoms with E-state index in [4.69, 9.17) is 15.3 Å². The van der Waals surface area contributed by atoms with Gasteiger partial charge in [-0.2, -0.15) is 0 Å². The lowest BCUT2D eigenvalue weighted by Gasteiger charge is -2.26. The van der Waals surface area contributed by atoms with Crippen LogP contribution in [0.3, 0.4) is 0 Å². The third-order valence-electron chi connectivity index (χ3n) is 1.89. The van der Waals surface area contributed by atoms with Gasteiger partial charge in [-0.05, 0) is 7.05 Å². The van der Waals surface area contributed by atoms with Crippen LogP contribution in [0.5, 0.6) is 0 Å². The Kier molecular flexibility index (Phi) is 5.76. The fraction of sp³-hybridized carbons (Fsp3) is 0.556. The van der Waals surface area contributed by atoms with Gasteiger partial charge in [0.1, 0.15) is 0 Å². The van der Waals surface area contributed by atoms with Crippen LogP contribution in [0.1, 0.15) is 12.8 Å². The number of nitrogens with one attached hydrogen (secondary N) is 1. The Balaban J connectivity index is 5.18.